The molecule has 257 valence electrons. The van der Waals surface area contributed by atoms with E-state index in [2.05, 4.69) is 108 Å². The van der Waals surface area contributed by atoms with Gasteiger partial charge in [-0.2, -0.15) is 0 Å². The quantitative estimate of drug-likeness (QED) is 0.111. The van der Waals surface area contributed by atoms with E-state index in [9.17, 15) is 9.90 Å². The molecule has 0 bridgehead atoms. The zero-order valence-electron chi connectivity index (χ0n) is 30.8. The maximum atomic E-state index is 11.5. The Bertz CT molecular complexity index is 1920. The molecule has 48 heavy (non-hydrogen) atoms. The predicted molar refractivity (Wildman–Crippen MR) is 198 cm³/mol. The van der Waals surface area contributed by atoms with Crippen molar-refractivity contribution in [1.29, 1.82) is 0 Å². The fourth-order valence-corrected chi connectivity index (χ4v) is 5.23. The second kappa shape index (κ2) is 14.5. The zero-order valence-corrected chi connectivity index (χ0v) is 33.2. The number of pyridine rings is 1. The summed E-state index contributed by atoms with van der Waals surface area (Å²) >= 11 is 0. The molecular weight excluding hydrogens is 771 g/mol. The van der Waals surface area contributed by atoms with Crippen molar-refractivity contribution < 1.29 is 34.4 Å². The maximum absolute atomic E-state index is 11.5. The minimum absolute atomic E-state index is 0. The third kappa shape index (κ3) is 10.00. The van der Waals surface area contributed by atoms with Crippen molar-refractivity contribution in [2.45, 2.75) is 94.9 Å². The van der Waals surface area contributed by atoms with Crippen molar-refractivity contribution in [2.24, 2.45) is 16.2 Å². The molecule has 0 fully saturated rings. The van der Waals surface area contributed by atoms with E-state index in [1.54, 1.807) is 0 Å². The van der Waals surface area contributed by atoms with Crippen molar-refractivity contribution >= 4 is 27.5 Å². The molecule has 2 aromatic heterocycles. The number of rotatable bonds is 4. The smallest absolute Gasteiger partial charge is 0.164 e. The Morgan fingerprint density at radius 3 is 2.10 bits per heavy atom. The maximum Gasteiger partial charge on any atom is 0.164 e. The van der Waals surface area contributed by atoms with Gasteiger partial charge >= 0.3 is 0 Å². The van der Waals surface area contributed by atoms with Crippen LogP contribution in [-0.4, -0.2) is 15.9 Å². The van der Waals surface area contributed by atoms with Gasteiger partial charge in [0.05, 0.1) is 0 Å². The van der Waals surface area contributed by atoms with Gasteiger partial charge in [-0.25, -0.2) is 0 Å². The molecule has 2 heterocycles. The largest absolute Gasteiger partial charge is 0.512 e. The molecule has 0 saturated carbocycles. The molecule has 5 heteroatoms. The normalized spacial score (nSPS) is 12.8. The number of allylic oxidation sites excluding steroid dienone is 2. The molecule has 3 aromatic carbocycles. The molecule has 5 rings (SSSR count). The summed E-state index contributed by atoms with van der Waals surface area (Å²) in [5, 5.41) is 13.1. The van der Waals surface area contributed by atoms with Crippen molar-refractivity contribution in [3.05, 3.63) is 102 Å². The molecule has 0 aliphatic rings. The van der Waals surface area contributed by atoms with Crippen LogP contribution in [0.2, 0.25) is 0 Å². The zero-order chi connectivity index (χ0) is 34.9. The Morgan fingerprint density at radius 2 is 1.50 bits per heavy atom. The number of aromatic nitrogens is 1. The van der Waals surface area contributed by atoms with E-state index in [0.29, 0.717) is 0 Å². The Kier molecular flexibility index (Phi) is 11.8. The van der Waals surface area contributed by atoms with Crippen LogP contribution >= 0.6 is 0 Å². The van der Waals surface area contributed by atoms with Crippen LogP contribution in [0.4, 0.5) is 0 Å². The number of fused-ring (bicyclic) bond motifs is 2. The first kappa shape index (κ1) is 38.9. The number of benzene rings is 3. The Morgan fingerprint density at radius 1 is 0.833 bits per heavy atom. The van der Waals surface area contributed by atoms with Gasteiger partial charge in [0.15, 0.2) is 5.78 Å². The molecule has 0 aliphatic heterocycles. The van der Waals surface area contributed by atoms with E-state index < -0.39 is 5.41 Å². The van der Waals surface area contributed by atoms with Crippen LogP contribution in [0, 0.1) is 22.3 Å². The van der Waals surface area contributed by atoms with E-state index in [0.717, 1.165) is 45.4 Å². The molecule has 0 unspecified atom stereocenters. The number of hydrogen-bond acceptors (Lipinski definition) is 4. The van der Waals surface area contributed by atoms with Crippen LogP contribution in [0.5, 0.6) is 0 Å². The fraction of sp³-hybridized carbons (Fsp3) is 0.395. The van der Waals surface area contributed by atoms with Gasteiger partial charge in [0.1, 0.15) is 17.1 Å². The van der Waals surface area contributed by atoms with E-state index in [1.807, 2.05) is 53.8 Å². The van der Waals surface area contributed by atoms with Crippen molar-refractivity contribution in [1.82, 2.24) is 4.98 Å². The molecular formula is C43H52IrNO3-. The summed E-state index contributed by atoms with van der Waals surface area (Å²) in [4.78, 5) is 16.2. The number of ketones is 1. The van der Waals surface area contributed by atoms with Crippen LogP contribution < -0.4 is 0 Å². The third-order valence-electron chi connectivity index (χ3n) is 7.99. The van der Waals surface area contributed by atoms with Crippen LogP contribution in [0.25, 0.3) is 44.3 Å². The minimum atomic E-state index is -0.417. The first-order valence-corrected chi connectivity index (χ1v) is 16.5. The SMILES string of the molecule is CC(C)(C)C(=O)/C=C(\O)C(C)(C)C.CC(C)(C)Cc1ccc2oc(-c3ccnc(-c4[c-]c5ccccc5c(C(C)(C)C)c4)c3)cc2c1.[Ir]. The van der Waals surface area contributed by atoms with Crippen molar-refractivity contribution in [3.8, 4) is 22.6 Å². The predicted octanol–water partition coefficient (Wildman–Crippen LogP) is 12.1. The molecule has 4 nitrogen and oxygen atoms in total. The molecule has 0 saturated heterocycles. The summed E-state index contributed by atoms with van der Waals surface area (Å²) in [6, 6.07) is 27.1. The second-order valence-electron chi connectivity index (χ2n) is 16.9. The van der Waals surface area contributed by atoms with Crippen LogP contribution in [0.15, 0.2) is 89.2 Å². The van der Waals surface area contributed by atoms with Gasteiger partial charge in [-0.05, 0) is 47.1 Å². The monoisotopic (exact) mass is 823 g/mol. The fourth-order valence-electron chi connectivity index (χ4n) is 5.23. The molecule has 0 atom stereocenters. The first-order valence-electron chi connectivity index (χ1n) is 16.5. The van der Waals surface area contributed by atoms with Gasteiger partial charge in [0, 0.05) is 59.9 Å². The first-order chi connectivity index (χ1) is 21.6. The summed E-state index contributed by atoms with van der Waals surface area (Å²) in [5.74, 6) is 0.968. The van der Waals surface area contributed by atoms with Crippen LogP contribution in [0.3, 0.4) is 0 Å². The summed E-state index contributed by atoms with van der Waals surface area (Å²) < 4.78 is 6.24. The van der Waals surface area contributed by atoms with Gasteiger partial charge in [-0.15, -0.1) is 29.1 Å². The number of hydrogen-bond donors (Lipinski definition) is 1. The van der Waals surface area contributed by atoms with Crippen LogP contribution in [-0.2, 0) is 36.7 Å². The Balaban J connectivity index is 0.000000382. The van der Waals surface area contributed by atoms with Gasteiger partial charge in [-0.1, -0.05) is 124 Å². The number of nitrogens with zero attached hydrogens (tertiary/aromatic N) is 1. The number of carbonyl (C=O) groups is 1. The average molecular weight is 823 g/mol. The van der Waals surface area contributed by atoms with Gasteiger partial charge in [0.25, 0.3) is 0 Å². The summed E-state index contributed by atoms with van der Waals surface area (Å²) in [7, 11) is 0. The number of furan rings is 1. The molecule has 0 amide bonds. The topological polar surface area (TPSA) is 63.3 Å². The van der Waals surface area contributed by atoms with Gasteiger partial charge in [0.2, 0.25) is 0 Å². The third-order valence-corrected chi connectivity index (χ3v) is 7.99. The Labute approximate surface area is 301 Å². The molecule has 5 aromatic rings. The average Bonchev–Trinajstić information content (AvgIpc) is 3.38. The minimum Gasteiger partial charge on any atom is -0.512 e. The number of aliphatic hydroxyl groups excluding tert-OH is 1. The summed E-state index contributed by atoms with van der Waals surface area (Å²) in [5.41, 5.74) is 6.00. The van der Waals surface area contributed by atoms with Crippen molar-refractivity contribution in [2.75, 3.05) is 0 Å². The van der Waals surface area contributed by atoms with Gasteiger partial charge in [-0.3, -0.25) is 9.78 Å². The number of aliphatic hydroxyl groups is 1. The van der Waals surface area contributed by atoms with E-state index >= 15 is 0 Å². The number of carbonyl (C=O) groups excluding carboxylic acids is 1. The molecule has 1 radical (unpaired) electrons. The van der Waals surface area contributed by atoms with Gasteiger partial charge < -0.3 is 9.52 Å². The van der Waals surface area contributed by atoms with E-state index in [4.69, 9.17) is 9.40 Å². The second-order valence-corrected chi connectivity index (χ2v) is 16.9. The summed E-state index contributed by atoms with van der Waals surface area (Å²) in [6.45, 7) is 24.7. The van der Waals surface area contributed by atoms with E-state index in [1.165, 1.54) is 22.6 Å². The van der Waals surface area contributed by atoms with Crippen LogP contribution in [0.1, 0.15) is 94.2 Å². The Hall–Kier alpha value is -3.53. The molecule has 0 spiro atoms. The summed E-state index contributed by atoms with van der Waals surface area (Å²) in [6.07, 6.45) is 4.24. The van der Waals surface area contributed by atoms with E-state index in [-0.39, 0.29) is 47.9 Å². The molecule has 1 N–H and O–H groups in total. The standard InChI is InChI=1S/C32H32NO.C11H20O2.Ir/c1-31(2,3)20-21-11-12-29-25(15-21)19-30(34-29)23-13-14-33-28(18-23)24-16-22-9-7-8-10-26(22)27(17-24)32(4,5)6;1-10(2,3)8(12)7-9(13)11(4,5)6;/h7-15,17-19H,20H2,1-6H3;7,12H,1-6H3;/q-1;;/b;8-7-;. The molecule has 0 aliphatic carbocycles. The van der Waals surface area contributed by atoms with Crippen molar-refractivity contribution in [3.63, 3.8) is 0 Å².